The van der Waals surface area contributed by atoms with Crippen LogP contribution in [0.1, 0.15) is 23.0 Å². The zero-order chi connectivity index (χ0) is 14.7. The van der Waals surface area contributed by atoms with Gasteiger partial charge >= 0.3 is 0 Å². The molecule has 0 spiro atoms. The number of carbonyl (C=O) groups is 1. The standard InChI is InChI=1S/C15H15F2NO2/c1-10(18(2)9-12-4-3-7-20-12)15(19)13-6-5-11(16)8-14(13)17/h3-8,10H,9H2,1-2H3. The summed E-state index contributed by atoms with van der Waals surface area (Å²) in [4.78, 5) is 14.0. The fourth-order valence-electron chi connectivity index (χ4n) is 1.90. The molecule has 1 heterocycles. The summed E-state index contributed by atoms with van der Waals surface area (Å²) in [7, 11) is 1.74. The first kappa shape index (κ1) is 14.4. The van der Waals surface area contributed by atoms with Crippen molar-refractivity contribution in [1.82, 2.24) is 4.90 Å². The number of Topliss-reactive ketones (excluding diaryl/α,β-unsaturated/α-hetero) is 1. The second-order valence-corrected chi connectivity index (χ2v) is 4.66. The summed E-state index contributed by atoms with van der Waals surface area (Å²) in [5.41, 5.74) is -0.106. The molecule has 1 unspecified atom stereocenters. The van der Waals surface area contributed by atoms with Gasteiger partial charge in [0.1, 0.15) is 17.4 Å². The summed E-state index contributed by atoms with van der Waals surface area (Å²) in [5, 5.41) is 0. The molecule has 0 bridgehead atoms. The zero-order valence-electron chi connectivity index (χ0n) is 11.3. The van der Waals surface area contributed by atoms with Gasteiger partial charge in [0.25, 0.3) is 0 Å². The number of furan rings is 1. The van der Waals surface area contributed by atoms with Crippen LogP contribution in [0.25, 0.3) is 0 Å². The highest BCUT2D eigenvalue weighted by atomic mass is 19.1. The lowest BCUT2D eigenvalue weighted by molar-refractivity contribution is 0.0851. The van der Waals surface area contributed by atoms with Crippen molar-refractivity contribution in [2.24, 2.45) is 0 Å². The first-order chi connectivity index (χ1) is 9.49. The zero-order valence-corrected chi connectivity index (χ0v) is 11.3. The van der Waals surface area contributed by atoms with Gasteiger partial charge in [-0.15, -0.1) is 0 Å². The highest BCUT2D eigenvalue weighted by molar-refractivity contribution is 6.00. The number of nitrogens with zero attached hydrogens (tertiary/aromatic N) is 1. The Morgan fingerprint density at radius 1 is 1.35 bits per heavy atom. The summed E-state index contributed by atoms with van der Waals surface area (Å²) >= 11 is 0. The van der Waals surface area contributed by atoms with Crippen LogP contribution >= 0.6 is 0 Å². The average Bonchev–Trinajstić information content (AvgIpc) is 2.90. The minimum absolute atomic E-state index is 0.106. The van der Waals surface area contributed by atoms with Crippen molar-refractivity contribution in [1.29, 1.82) is 0 Å². The van der Waals surface area contributed by atoms with Crippen LogP contribution in [0.4, 0.5) is 8.78 Å². The summed E-state index contributed by atoms with van der Waals surface area (Å²) in [6.45, 7) is 2.11. The van der Waals surface area contributed by atoms with Crippen molar-refractivity contribution < 1.29 is 18.0 Å². The van der Waals surface area contributed by atoms with E-state index in [2.05, 4.69) is 0 Å². The molecule has 0 radical (unpaired) electrons. The van der Waals surface area contributed by atoms with Gasteiger partial charge < -0.3 is 4.42 Å². The van der Waals surface area contributed by atoms with E-state index in [1.165, 1.54) is 6.07 Å². The van der Waals surface area contributed by atoms with E-state index in [4.69, 9.17) is 4.42 Å². The van der Waals surface area contributed by atoms with E-state index in [0.717, 1.165) is 6.07 Å². The molecule has 0 amide bonds. The van der Waals surface area contributed by atoms with Crippen molar-refractivity contribution >= 4 is 5.78 Å². The van der Waals surface area contributed by atoms with Gasteiger partial charge in [-0.1, -0.05) is 0 Å². The molecule has 1 aromatic carbocycles. The molecule has 0 aliphatic carbocycles. The lowest BCUT2D eigenvalue weighted by Crippen LogP contribution is -2.35. The van der Waals surface area contributed by atoms with E-state index in [1.54, 1.807) is 37.3 Å². The Balaban J connectivity index is 2.11. The Labute approximate surface area is 115 Å². The predicted molar refractivity (Wildman–Crippen MR) is 70.3 cm³/mol. The lowest BCUT2D eigenvalue weighted by atomic mass is 10.0. The van der Waals surface area contributed by atoms with Gasteiger partial charge in [-0.25, -0.2) is 8.78 Å². The minimum Gasteiger partial charge on any atom is -0.468 e. The van der Waals surface area contributed by atoms with Crippen LogP contribution in [0.15, 0.2) is 41.0 Å². The molecule has 106 valence electrons. The van der Waals surface area contributed by atoms with Crippen LogP contribution < -0.4 is 0 Å². The molecule has 2 rings (SSSR count). The maximum Gasteiger partial charge on any atom is 0.182 e. The predicted octanol–water partition coefficient (Wildman–Crippen LogP) is 3.26. The third-order valence-electron chi connectivity index (χ3n) is 3.22. The van der Waals surface area contributed by atoms with Crippen LogP contribution in [0, 0.1) is 11.6 Å². The number of carbonyl (C=O) groups excluding carboxylic acids is 1. The first-order valence-electron chi connectivity index (χ1n) is 6.21. The molecule has 3 nitrogen and oxygen atoms in total. The summed E-state index contributed by atoms with van der Waals surface area (Å²) in [5.74, 6) is -1.22. The Kier molecular flexibility index (Phi) is 4.29. The van der Waals surface area contributed by atoms with Crippen LogP contribution in [0.5, 0.6) is 0 Å². The number of ketones is 1. The van der Waals surface area contributed by atoms with Crippen LogP contribution in [-0.2, 0) is 6.54 Å². The van der Waals surface area contributed by atoms with E-state index < -0.39 is 23.5 Å². The summed E-state index contributed by atoms with van der Waals surface area (Å²) < 4.78 is 31.7. The fraction of sp³-hybridized carbons (Fsp3) is 0.267. The van der Waals surface area contributed by atoms with E-state index in [9.17, 15) is 13.6 Å². The summed E-state index contributed by atoms with van der Waals surface area (Å²) in [6.07, 6.45) is 1.55. The van der Waals surface area contributed by atoms with Crippen molar-refractivity contribution in [3.05, 3.63) is 59.6 Å². The Morgan fingerprint density at radius 3 is 2.70 bits per heavy atom. The topological polar surface area (TPSA) is 33.5 Å². The Morgan fingerprint density at radius 2 is 2.10 bits per heavy atom. The van der Waals surface area contributed by atoms with Crippen LogP contribution in [0.3, 0.4) is 0 Å². The third-order valence-corrected chi connectivity index (χ3v) is 3.22. The molecule has 5 heteroatoms. The molecular formula is C15H15F2NO2. The van der Waals surface area contributed by atoms with Crippen molar-refractivity contribution in [3.63, 3.8) is 0 Å². The van der Waals surface area contributed by atoms with E-state index in [-0.39, 0.29) is 5.56 Å². The minimum atomic E-state index is -0.840. The van der Waals surface area contributed by atoms with Gasteiger partial charge in [-0.05, 0) is 38.2 Å². The number of halogens is 2. The number of hydrogen-bond acceptors (Lipinski definition) is 3. The first-order valence-corrected chi connectivity index (χ1v) is 6.21. The van der Waals surface area contributed by atoms with Gasteiger partial charge in [0.15, 0.2) is 5.78 Å². The van der Waals surface area contributed by atoms with Crippen LogP contribution in [0.2, 0.25) is 0 Å². The van der Waals surface area contributed by atoms with Gasteiger partial charge in [-0.2, -0.15) is 0 Å². The molecule has 1 aromatic heterocycles. The fourth-order valence-corrected chi connectivity index (χ4v) is 1.90. The molecule has 0 N–H and O–H groups in total. The second-order valence-electron chi connectivity index (χ2n) is 4.66. The van der Waals surface area contributed by atoms with E-state index in [0.29, 0.717) is 18.4 Å². The Hall–Kier alpha value is -2.01. The van der Waals surface area contributed by atoms with Crippen molar-refractivity contribution in [2.75, 3.05) is 7.05 Å². The smallest absolute Gasteiger partial charge is 0.182 e. The number of likely N-dealkylation sites (N-methyl/N-ethyl adjacent to an activating group) is 1. The van der Waals surface area contributed by atoms with Crippen LogP contribution in [-0.4, -0.2) is 23.8 Å². The molecule has 1 atom stereocenters. The maximum absolute atomic E-state index is 13.6. The quantitative estimate of drug-likeness (QED) is 0.788. The number of benzene rings is 1. The maximum atomic E-state index is 13.6. The molecule has 0 aliphatic heterocycles. The molecule has 2 aromatic rings. The molecule has 20 heavy (non-hydrogen) atoms. The van der Waals surface area contributed by atoms with E-state index in [1.807, 2.05) is 0 Å². The van der Waals surface area contributed by atoms with Gasteiger partial charge in [0.05, 0.1) is 24.4 Å². The van der Waals surface area contributed by atoms with Gasteiger partial charge in [0, 0.05) is 6.07 Å². The SMILES string of the molecule is CC(C(=O)c1ccc(F)cc1F)N(C)Cc1ccco1. The highest BCUT2D eigenvalue weighted by Crippen LogP contribution is 2.15. The summed E-state index contributed by atoms with van der Waals surface area (Å²) in [6, 6.07) is 5.98. The third kappa shape index (κ3) is 3.11. The highest BCUT2D eigenvalue weighted by Gasteiger charge is 2.23. The molecule has 0 saturated carbocycles. The average molecular weight is 279 g/mol. The van der Waals surface area contributed by atoms with E-state index >= 15 is 0 Å². The normalized spacial score (nSPS) is 12.7. The second kappa shape index (κ2) is 5.96. The molecular weight excluding hydrogens is 264 g/mol. The van der Waals surface area contributed by atoms with Crippen molar-refractivity contribution in [3.8, 4) is 0 Å². The lowest BCUT2D eigenvalue weighted by Gasteiger charge is -2.22. The number of hydrogen-bond donors (Lipinski definition) is 0. The molecule has 0 fully saturated rings. The largest absolute Gasteiger partial charge is 0.468 e. The monoisotopic (exact) mass is 279 g/mol. The van der Waals surface area contributed by atoms with Gasteiger partial charge in [0.2, 0.25) is 0 Å². The Bertz CT molecular complexity index is 596. The molecule has 0 saturated heterocycles. The molecule has 0 aliphatic rings. The van der Waals surface area contributed by atoms with Gasteiger partial charge in [-0.3, -0.25) is 9.69 Å². The number of rotatable bonds is 5. The van der Waals surface area contributed by atoms with Crippen molar-refractivity contribution in [2.45, 2.75) is 19.5 Å².